The summed E-state index contributed by atoms with van der Waals surface area (Å²) in [6.45, 7) is 4.53. The van der Waals surface area contributed by atoms with Crippen molar-refractivity contribution in [1.29, 1.82) is 0 Å². The number of nitrogens with zero attached hydrogens (tertiary/aromatic N) is 1. The molecule has 0 rings (SSSR count). The molecule has 8 nitrogen and oxygen atoms in total. The van der Waals surface area contributed by atoms with Gasteiger partial charge in [-0.2, -0.15) is 0 Å². The largest absolute Gasteiger partial charge is 0.633 e. The Balaban J connectivity index is 3.43. The van der Waals surface area contributed by atoms with Crippen LogP contribution in [0.5, 0.6) is 0 Å². The van der Waals surface area contributed by atoms with E-state index in [1.54, 1.807) is 14.1 Å². The fraction of sp³-hybridized carbons (Fsp3) is 0.897. The van der Waals surface area contributed by atoms with Gasteiger partial charge in [-0.25, -0.2) is 0 Å². The van der Waals surface area contributed by atoms with Crippen molar-refractivity contribution in [3.05, 3.63) is 5.21 Å². The van der Waals surface area contributed by atoms with Crippen molar-refractivity contribution >= 4 is 17.7 Å². The van der Waals surface area contributed by atoms with Crippen molar-refractivity contribution in [2.24, 2.45) is 0 Å². The number of hydrogen-bond acceptors (Lipinski definition) is 4. The number of unbranched alkanes of at least 4 members (excludes halogenated alkanes) is 13. The Morgan fingerprint density at radius 1 is 0.514 bits per heavy atom. The first kappa shape index (κ1) is 35.3. The topological polar surface area (TPSA) is 110 Å². The zero-order valence-electron chi connectivity index (χ0n) is 24.3. The van der Waals surface area contributed by atoms with Crippen molar-refractivity contribution in [2.75, 3.05) is 40.3 Å². The molecule has 218 valence electrons. The molecule has 3 amide bonds. The standard InChI is InChI=1S/C29H58N4O4/c1-4-5-6-7-8-9-10-11-12-13-16-20-27(34)31-24-19-25-32-29(36)22-21-28(35)30-23-17-14-15-18-26-33(2,3)37/h4-26H2,1-3H3,(H,30,35)(H,31,34)(H,32,36). The molecule has 0 aromatic carbocycles. The number of carbonyl (C=O) groups is 3. The number of hydroxylamine groups is 3. The van der Waals surface area contributed by atoms with Crippen LogP contribution in [-0.2, 0) is 14.4 Å². The molecule has 0 unspecified atom stereocenters. The zero-order chi connectivity index (χ0) is 27.6. The molecule has 0 fully saturated rings. The molecular formula is C29H58N4O4. The van der Waals surface area contributed by atoms with Crippen LogP contribution in [-0.4, -0.2) is 62.6 Å². The Hall–Kier alpha value is -1.67. The number of carbonyl (C=O) groups excluding carboxylic acids is 3. The van der Waals surface area contributed by atoms with E-state index in [0.29, 0.717) is 39.0 Å². The van der Waals surface area contributed by atoms with Crippen LogP contribution in [0.15, 0.2) is 0 Å². The molecule has 0 aromatic rings. The molecule has 0 spiro atoms. The first-order valence-electron chi connectivity index (χ1n) is 15.1. The number of hydrogen-bond donors (Lipinski definition) is 3. The maximum atomic E-state index is 11.9. The second-order valence-corrected chi connectivity index (χ2v) is 10.9. The van der Waals surface area contributed by atoms with Crippen LogP contribution in [0.2, 0.25) is 0 Å². The average Bonchev–Trinajstić information content (AvgIpc) is 2.84. The summed E-state index contributed by atoms with van der Waals surface area (Å²) in [7, 11) is 3.30. The van der Waals surface area contributed by atoms with E-state index in [1.165, 1.54) is 57.8 Å². The van der Waals surface area contributed by atoms with Gasteiger partial charge in [-0.3, -0.25) is 14.4 Å². The van der Waals surface area contributed by atoms with Gasteiger partial charge in [0.15, 0.2) is 0 Å². The van der Waals surface area contributed by atoms with E-state index in [0.717, 1.165) is 38.5 Å². The molecular weight excluding hydrogens is 468 g/mol. The lowest BCUT2D eigenvalue weighted by Crippen LogP contribution is -2.33. The lowest BCUT2D eigenvalue weighted by molar-refractivity contribution is -0.840. The minimum atomic E-state index is -0.257. The predicted octanol–water partition coefficient (Wildman–Crippen LogP) is 5.34. The van der Waals surface area contributed by atoms with E-state index in [2.05, 4.69) is 22.9 Å². The monoisotopic (exact) mass is 526 g/mol. The van der Waals surface area contributed by atoms with Crippen molar-refractivity contribution < 1.29 is 19.0 Å². The highest BCUT2D eigenvalue weighted by Crippen LogP contribution is 2.12. The molecule has 0 aliphatic heterocycles. The van der Waals surface area contributed by atoms with E-state index in [-0.39, 0.29) is 35.2 Å². The SMILES string of the molecule is CCCCCCCCCCCCCC(=O)NCCCNC(=O)CCC(=O)NCCCCCC[N+](C)(C)[O-]. The van der Waals surface area contributed by atoms with E-state index < -0.39 is 0 Å². The van der Waals surface area contributed by atoms with Crippen molar-refractivity contribution in [2.45, 2.75) is 129 Å². The van der Waals surface area contributed by atoms with Gasteiger partial charge in [0, 0.05) is 38.9 Å². The smallest absolute Gasteiger partial charge is 0.220 e. The van der Waals surface area contributed by atoms with Crippen LogP contribution >= 0.6 is 0 Å². The third-order valence-corrected chi connectivity index (χ3v) is 6.53. The Labute approximate surface area is 227 Å². The zero-order valence-corrected chi connectivity index (χ0v) is 24.3. The average molecular weight is 527 g/mol. The quantitative estimate of drug-likeness (QED) is 0.0802. The molecule has 0 aromatic heterocycles. The maximum absolute atomic E-state index is 11.9. The lowest BCUT2D eigenvalue weighted by Gasteiger charge is -2.33. The Bertz CT molecular complexity index is 579. The van der Waals surface area contributed by atoms with E-state index in [1.807, 2.05) is 0 Å². The number of quaternary nitrogens is 1. The first-order valence-corrected chi connectivity index (χ1v) is 15.1. The van der Waals surface area contributed by atoms with Crippen LogP contribution < -0.4 is 16.0 Å². The summed E-state index contributed by atoms with van der Waals surface area (Å²) in [4.78, 5) is 35.7. The number of nitrogens with one attached hydrogen (secondary N) is 3. The maximum Gasteiger partial charge on any atom is 0.220 e. The van der Waals surface area contributed by atoms with Gasteiger partial charge < -0.3 is 25.8 Å². The highest BCUT2D eigenvalue weighted by molar-refractivity contribution is 5.83. The molecule has 0 aliphatic carbocycles. The Kier molecular flexibility index (Phi) is 23.5. The Morgan fingerprint density at radius 2 is 0.892 bits per heavy atom. The highest BCUT2D eigenvalue weighted by atomic mass is 16.5. The fourth-order valence-corrected chi connectivity index (χ4v) is 4.18. The van der Waals surface area contributed by atoms with Crippen LogP contribution in [0.1, 0.15) is 129 Å². The normalized spacial score (nSPS) is 11.4. The van der Waals surface area contributed by atoms with Gasteiger partial charge in [-0.15, -0.1) is 0 Å². The molecule has 37 heavy (non-hydrogen) atoms. The van der Waals surface area contributed by atoms with Crippen LogP contribution in [0.4, 0.5) is 0 Å². The molecule has 3 N–H and O–H groups in total. The molecule has 0 heterocycles. The molecule has 0 saturated heterocycles. The van der Waals surface area contributed by atoms with Crippen molar-refractivity contribution in [1.82, 2.24) is 16.0 Å². The molecule has 0 radical (unpaired) electrons. The van der Waals surface area contributed by atoms with Crippen molar-refractivity contribution in [3.63, 3.8) is 0 Å². The van der Waals surface area contributed by atoms with Crippen LogP contribution in [0, 0.1) is 5.21 Å². The van der Waals surface area contributed by atoms with Gasteiger partial charge in [-0.05, 0) is 32.1 Å². The summed E-state index contributed by atoms with van der Waals surface area (Å²) < 4.78 is -0.257. The van der Waals surface area contributed by atoms with Crippen LogP contribution in [0.25, 0.3) is 0 Å². The number of rotatable bonds is 26. The fourth-order valence-electron chi connectivity index (χ4n) is 4.18. The van der Waals surface area contributed by atoms with Gasteiger partial charge in [0.1, 0.15) is 0 Å². The Morgan fingerprint density at radius 3 is 1.38 bits per heavy atom. The second-order valence-electron chi connectivity index (χ2n) is 10.9. The summed E-state index contributed by atoms with van der Waals surface area (Å²) in [5.74, 6) is -0.157. The van der Waals surface area contributed by atoms with Gasteiger partial charge in [0.05, 0.1) is 20.6 Å². The van der Waals surface area contributed by atoms with Gasteiger partial charge in [-0.1, -0.05) is 77.6 Å². The second kappa shape index (κ2) is 24.7. The lowest BCUT2D eigenvalue weighted by atomic mass is 10.1. The predicted molar refractivity (Wildman–Crippen MR) is 153 cm³/mol. The van der Waals surface area contributed by atoms with E-state index in [9.17, 15) is 19.6 Å². The highest BCUT2D eigenvalue weighted by Gasteiger charge is 2.07. The summed E-state index contributed by atoms with van der Waals surface area (Å²) in [5.41, 5.74) is 0. The summed E-state index contributed by atoms with van der Waals surface area (Å²) in [6, 6.07) is 0. The third-order valence-electron chi connectivity index (χ3n) is 6.53. The number of amides is 3. The van der Waals surface area contributed by atoms with Crippen LogP contribution in [0.3, 0.4) is 0 Å². The van der Waals surface area contributed by atoms with E-state index in [4.69, 9.17) is 0 Å². The summed E-state index contributed by atoms with van der Waals surface area (Å²) in [5, 5.41) is 20.0. The van der Waals surface area contributed by atoms with Crippen molar-refractivity contribution in [3.8, 4) is 0 Å². The molecule has 8 heteroatoms. The molecule has 0 aliphatic rings. The summed E-state index contributed by atoms with van der Waals surface area (Å²) in [6.07, 6.45) is 19.4. The minimum absolute atomic E-state index is 0.0901. The van der Waals surface area contributed by atoms with Gasteiger partial charge in [0.2, 0.25) is 17.7 Å². The van der Waals surface area contributed by atoms with E-state index >= 15 is 0 Å². The van der Waals surface area contributed by atoms with Gasteiger partial charge >= 0.3 is 0 Å². The molecule has 0 atom stereocenters. The first-order chi connectivity index (χ1) is 17.7. The minimum Gasteiger partial charge on any atom is -0.633 e. The summed E-state index contributed by atoms with van der Waals surface area (Å²) >= 11 is 0. The third kappa shape index (κ3) is 28.7. The molecule has 0 saturated carbocycles. The van der Waals surface area contributed by atoms with Gasteiger partial charge in [0.25, 0.3) is 0 Å². The molecule has 0 bridgehead atoms.